The van der Waals surface area contributed by atoms with Crippen LogP contribution in [0.2, 0.25) is 0 Å². The van der Waals surface area contributed by atoms with Gasteiger partial charge in [0.2, 0.25) is 0 Å². The molecule has 7 heteroatoms. The molecule has 0 aliphatic heterocycles. The number of halogens is 4. The zero-order chi connectivity index (χ0) is 17.0. The number of alkyl halides is 3. The standard InChI is InChI=1S/C16H13BrF3NO2/c1-10-4-2-3-5-14(10)23-9-15(22)21-11-6-7-13(17)12(8-11)16(18,19)20/h2-8H,9H2,1H3,(H,21,22). The number of benzene rings is 2. The van der Waals surface area contributed by atoms with E-state index in [9.17, 15) is 18.0 Å². The molecule has 0 radical (unpaired) electrons. The van der Waals surface area contributed by atoms with Gasteiger partial charge in [-0.05, 0) is 36.8 Å². The zero-order valence-corrected chi connectivity index (χ0v) is 13.7. The third-order valence-electron chi connectivity index (χ3n) is 3.01. The normalized spacial score (nSPS) is 11.2. The number of hydrogen-bond acceptors (Lipinski definition) is 2. The minimum Gasteiger partial charge on any atom is -0.483 e. The number of rotatable bonds is 4. The van der Waals surface area contributed by atoms with Gasteiger partial charge >= 0.3 is 6.18 Å². The first kappa shape index (κ1) is 17.3. The number of amides is 1. The van der Waals surface area contributed by atoms with Crippen LogP contribution in [0.15, 0.2) is 46.9 Å². The van der Waals surface area contributed by atoms with Crippen molar-refractivity contribution in [1.82, 2.24) is 0 Å². The lowest BCUT2D eigenvalue weighted by Gasteiger charge is -2.12. The van der Waals surface area contributed by atoms with Crippen LogP contribution in [-0.2, 0) is 11.0 Å². The first-order chi connectivity index (χ1) is 10.8. The molecule has 0 aliphatic rings. The van der Waals surface area contributed by atoms with Gasteiger partial charge in [-0.1, -0.05) is 34.1 Å². The lowest BCUT2D eigenvalue weighted by atomic mass is 10.2. The highest BCUT2D eigenvalue weighted by atomic mass is 79.9. The molecule has 0 unspecified atom stereocenters. The second kappa shape index (κ2) is 7.04. The predicted octanol–water partition coefficient (Wildman–Crippen LogP) is 4.79. The summed E-state index contributed by atoms with van der Waals surface area (Å²) in [5.74, 6) is 0.0122. The predicted molar refractivity (Wildman–Crippen MR) is 84.4 cm³/mol. The molecule has 0 fully saturated rings. The second-order valence-corrected chi connectivity index (χ2v) is 5.65. The van der Waals surface area contributed by atoms with Crippen LogP contribution in [0, 0.1) is 6.92 Å². The fourth-order valence-corrected chi connectivity index (χ4v) is 2.35. The summed E-state index contributed by atoms with van der Waals surface area (Å²) < 4.78 is 43.7. The van der Waals surface area contributed by atoms with Gasteiger partial charge in [0.15, 0.2) is 6.61 Å². The first-order valence-electron chi connectivity index (χ1n) is 6.62. The largest absolute Gasteiger partial charge is 0.483 e. The van der Waals surface area contributed by atoms with Crippen LogP contribution in [0.5, 0.6) is 5.75 Å². The SMILES string of the molecule is Cc1ccccc1OCC(=O)Nc1ccc(Br)c(C(F)(F)F)c1. The van der Waals surface area contributed by atoms with E-state index in [1.807, 2.05) is 19.1 Å². The average Bonchev–Trinajstić information content (AvgIpc) is 2.47. The van der Waals surface area contributed by atoms with Gasteiger partial charge in [-0.15, -0.1) is 0 Å². The first-order valence-corrected chi connectivity index (χ1v) is 7.41. The summed E-state index contributed by atoms with van der Waals surface area (Å²) in [4.78, 5) is 11.8. The van der Waals surface area contributed by atoms with Crippen LogP contribution in [0.25, 0.3) is 0 Å². The van der Waals surface area contributed by atoms with E-state index in [4.69, 9.17) is 4.74 Å². The Kier molecular flexibility index (Phi) is 5.30. The van der Waals surface area contributed by atoms with E-state index in [2.05, 4.69) is 21.2 Å². The van der Waals surface area contributed by atoms with E-state index < -0.39 is 17.6 Å². The third-order valence-corrected chi connectivity index (χ3v) is 3.70. The average molecular weight is 388 g/mol. The molecular formula is C16H13BrF3NO2. The molecule has 0 atom stereocenters. The van der Waals surface area contributed by atoms with Crippen molar-refractivity contribution in [3.63, 3.8) is 0 Å². The minimum atomic E-state index is -4.50. The Morgan fingerprint density at radius 2 is 1.91 bits per heavy atom. The van der Waals surface area contributed by atoms with Gasteiger partial charge in [-0.25, -0.2) is 0 Å². The van der Waals surface area contributed by atoms with Gasteiger partial charge < -0.3 is 10.1 Å². The van der Waals surface area contributed by atoms with Gasteiger partial charge in [0, 0.05) is 10.2 Å². The van der Waals surface area contributed by atoms with Crippen molar-refractivity contribution in [1.29, 1.82) is 0 Å². The number of para-hydroxylation sites is 1. The van der Waals surface area contributed by atoms with Crippen LogP contribution in [0.3, 0.4) is 0 Å². The Bertz CT molecular complexity index is 717. The third kappa shape index (κ3) is 4.72. The molecule has 3 nitrogen and oxygen atoms in total. The van der Waals surface area contributed by atoms with Crippen molar-refractivity contribution >= 4 is 27.5 Å². The second-order valence-electron chi connectivity index (χ2n) is 4.79. The van der Waals surface area contributed by atoms with E-state index in [1.54, 1.807) is 12.1 Å². The fourth-order valence-electron chi connectivity index (χ4n) is 1.88. The van der Waals surface area contributed by atoms with E-state index >= 15 is 0 Å². The highest BCUT2D eigenvalue weighted by molar-refractivity contribution is 9.10. The van der Waals surface area contributed by atoms with Gasteiger partial charge in [0.1, 0.15) is 5.75 Å². The Labute approximate surface area is 139 Å². The molecule has 2 rings (SSSR count). The summed E-state index contributed by atoms with van der Waals surface area (Å²) in [6, 6.07) is 10.6. The van der Waals surface area contributed by atoms with Crippen molar-refractivity contribution in [2.24, 2.45) is 0 Å². The van der Waals surface area contributed by atoms with Gasteiger partial charge in [0.25, 0.3) is 5.91 Å². The number of aryl methyl sites for hydroxylation is 1. The summed E-state index contributed by atoms with van der Waals surface area (Å²) in [6.45, 7) is 1.54. The Morgan fingerprint density at radius 3 is 2.57 bits per heavy atom. The number of ether oxygens (including phenoxy) is 1. The molecule has 0 spiro atoms. The van der Waals surface area contributed by atoms with Crippen LogP contribution in [0.1, 0.15) is 11.1 Å². The topological polar surface area (TPSA) is 38.3 Å². The molecule has 0 aromatic heterocycles. The van der Waals surface area contributed by atoms with Crippen molar-refractivity contribution in [2.45, 2.75) is 13.1 Å². The highest BCUT2D eigenvalue weighted by Gasteiger charge is 2.33. The molecular weight excluding hydrogens is 375 g/mol. The van der Waals surface area contributed by atoms with Crippen LogP contribution < -0.4 is 10.1 Å². The summed E-state index contributed by atoms with van der Waals surface area (Å²) in [7, 11) is 0. The maximum atomic E-state index is 12.8. The highest BCUT2D eigenvalue weighted by Crippen LogP contribution is 2.36. The summed E-state index contributed by atoms with van der Waals surface area (Å²) in [5, 5.41) is 2.39. The summed E-state index contributed by atoms with van der Waals surface area (Å²) in [6.07, 6.45) is -4.50. The Balaban J connectivity index is 2.02. The van der Waals surface area contributed by atoms with Crippen LogP contribution in [-0.4, -0.2) is 12.5 Å². The molecule has 0 bridgehead atoms. The lowest BCUT2D eigenvalue weighted by Crippen LogP contribution is -2.20. The lowest BCUT2D eigenvalue weighted by molar-refractivity contribution is -0.138. The fraction of sp³-hybridized carbons (Fsp3) is 0.188. The zero-order valence-electron chi connectivity index (χ0n) is 12.1. The van der Waals surface area contributed by atoms with E-state index in [0.29, 0.717) is 5.75 Å². The summed E-state index contributed by atoms with van der Waals surface area (Å²) in [5.41, 5.74) is 0.0670. The van der Waals surface area contributed by atoms with Crippen molar-refractivity contribution < 1.29 is 22.7 Å². The van der Waals surface area contributed by atoms with Crippen molar-refractivity contribution in [3.8, 4) is 5.75 Å². The minimum absolute atomic E-state index is 0.0545. The monoisotopic (exact) mass is 387 g/mol. The van der Waals surface area contributed by atoms with Gasteiger partial charge in [0.05, 0.1) is 5.56 Å². The Morgan fingerprint density at radius 1 is 1.22 bits per heavy atom. The van der Waals surface area contributed by atoms with Gasteiger partial charge in [-0.3, -0.25) is 4.79 Å². The van der Waals surface area contributed by atoms with Crippen LogP contribution in [0.4, 0.5) is 18.9 Å². The molecule has 23 heavy (non-hydrogen) atoms. The molecule has 0 heterocycles. The Hall–Kier alpha value is -2.02. The molecule has 1 N–H and O–H groups in total. The van der Waals surface area contributed by atoms with Crippen molar-refractivity contribution in [2.75, 3.05) is 11.9 Å². The molecule has 122 valence electrons. The number of anilines is 1. The van der Waals surface area contributed by atoms with Gasteiger partial charge in [-0.2, -0.15) is 13.2 Å². The van der Waals surface area contributed by atoms with E-state index in [0.717, 1.165) is 11.6 Å². The smallest absolute Gasteiger partial charge is 0.417 e. The summed E-state index contributed by atoms with van der Waals surface area (Å²) >= 11 is 2.84. The van der Waals surface area contributed by atoms with Crippen LogP contribution >= 0.6 is 15.9 Å². The number of nitrogens with one attached hydrogen (secondary N) is 1. The maximum Gasteiger partial charge on any atom is 0.417 e. The number of carbonyl (C=O) groups excluding carboxylic acids is 1. The van der Waals surface area contributed by atoms with E-state index in [1.165, 1.54) is 12.1 Å². The molecule has 1 amide bonds. The molecule has 2 aromatic rings. The molecule has 0 aliphatic carbocycles. The molecule has 0 saturated carbocycles. The number of carbonyl (C=O) groups is 1. The maximum absolute atomic E-state index is 12.8. The molecule has 2 aromatic carbocycles. The van der Waals surface area contributed by atoms with Crippen molar-refractivity contribution in [3.05, 3.63) is 58.1 Å². The molecule has 0 saturated heterocycles. The quantitative estimate of drug-likeness (QED) is 0.818. The number of hydrogen-bond donors (Lipinski definition) is 1. The van der Waals surface area contributed by atoms with E-state index in [-0.39, 0.29) is 16.8 Å².